The zero-order valence-corrected chi connectivity index (χ0v) is 18.4. The fraction of sp³-hybridized carbons (Fsp3) is 0.280. The normalized spacial score (nSPS) is 12.4. The predicted octanol–water partition coefficient (Wildman–Crippen LogP) is 5.38. The third-order valence-corrected chi connectivity index (χ3v) is 5.87. The van der Waals surface area contributed by atoms with E-state index in [-0.39, 0.29) is 22.2 Å². The lowest BCUT2D eigenvalue weighted by Gasteiger charge is -2.19. The first-order valence-corrected chi connectivity index (χ1v) is 11.0. The monoisotopic (exact) mass is 421 g/mol. The number of hydrogen-bond acceptors (Lipinski definition) is 4. The Morgan fingerprint density at radius 2 is 1.63 bits per heavy atom. The lowest BCUT2D eigenvalue weighted by Crippen LogP contribution is -2.41. The predicted molar refractivity (Wildman–Crippen MR) is 122 cm³/mol. The van der Waals surface area contributed by atoms with Gasteiger partial charge in [0.2, 0.25) is 5.12 Å². The third-order valence-electron chi connectivity index (χ3n) is 4.82. The molecular formula is C25H27NO3S. The van der Waals surface area contributed by atoms with Crippen molar-refractivity contribution in [2.24, 2.45) is 0 Å². The van der Waals surface area contributed by atoms with Crippen LogP contribution in [-0.4, -0.2) is 17.1 Å². The van der Waals surface area contributed by atoms with Gasteiger partial charge in [0.15, 0.2) is 5.76 Å². The van der Waals surface area contributed by atoms with E-state index < -0.39 is 6.04 Å². The lowest BCUT2D eigenvalue weighted by atomic mass is 9.87. The Labute approximate surface area is 182 Å². The first kappa shape index (κ1) is 21.9. The molecule has 0 aliphatic heterocycles. The molecule has 4 nitrogen and oxygen atoms in total. The number of carbonyl (C=O) groups excluding carboxylic acids is 2. The minimum Gasteiger partial charge on any atom is -0.459 e. The van der Waals surface area contributed by atoms with E-state index in [1.165, 1.54) is 23.6 Å². The average Bonchev–Trinajstić information content (AvgIpc) is 3.27. The van der Waals surface area contributed by atoms with Gasteiger partial charge in [-0.3, -0.25) is 9.59 Å². The molecule has 0 saturated carbocycles. The average molecular weight is 422 g/mol. The summed E-state index contributed by atoms with van der Waals surface area (Å²) in [7, 11) is 0. The van der Waals surface area contributed by atoms with Gasteiger partial charge in [0, 0.05) is 12.2 Å². The molecule has 0 unspecified atom stereocenters. The molecule has 2 aromatic carbocycles. The topological polar surface area (TPSA) is 59.3 Å². The number of amides is 1. The Balaban J connectivity index is 1.67. The van der Waals surface area contributed by atoms with Crippen LogP contribution in [0, 0.1) is 0 Å². The van der Waals surface area contributed by atoms with Crippen molar-refractivity contribution in [3.8, 4) is 0 Å². The van der Waals surface area contributed by atoms with Gasteiger partial charge in [-0.05, 0) is 34.2 Å². The quantitative estimate of drug-likeness (QED) is 0.556. The van der Waals surface area contributed by atoms with E-state index in [0.29, 0.717) is 12.2 Å². The van der Waals surface area contributed by atoms with Crippen LogP contribution in [0.25, 0.3) is 0 Å². The molecule has 0 aliphatic rings. The number of thioether (sulfide) groups is 1. The van der Waals surface area contributed by atoms with Crippen LogP contribution < -0.4 is 5.32 Å². The molecule has 1 N–H and O–H groups in total. The van der Waals surface area contributed by atoms with Crippen LogP contribution in [0.3, 0.4) is 0 Å². The van der Waals surface area contributed by atoms with E-state index in [0.717, 1.165) is 11.1 Å². The maximum atomic E-state index is 13.0. The molecule has 5 heteroatoms. The fourth-order valence-electron chi connectivity index (χ4n) is 3.04. The van der Waals surface area contributed by atoms with Gasteiger partial charge >= 0.3 is 0 Å². The van der Waals surface area contributed by atoms with Gasteiger partial charge in [-0.15, -0.1) is 0 Å². The van der Waals surface area contributed by atoms with Crippen molar-refractivity contribution in [2.45, 2.75) is 44.4 Å². The van der Waals surface area contributed by atoms with Crippen LogP contribution in [0.2, 0.25) is 0 Å². The SMILES string of the molecule is CC(C)(C)c1ccc(CSC(=O)[C@@H](Cc2ccccc2)NC(=O)c2ccco2)cc1. The number of rotatable bonds is 7. The number of carbonyl (C=O) groups is 2. The van der Waals surface area contributed by atoms with Gasteiger partial charge in [0.05, 0.1) is 6.26 Å². The molecule has 0 radical (unpaired) electrons. The summed E-state index contributed by atoms with van der Waals surface area (Å²) in [5.41, 5.74) is 3.43. The maximum absolute atomic E-state index is 13.0. The molecule has 1 aromatic heterocycles. The minimum atomic E-state index is -0.635. The van der Waals surface area contributed by atoms with E-state index in [9.17, 15) is 9.59 Å². The van der Waals surface area contributed by atoms with Crippen LogP contribution in [0.4, 0.5) is 0 Å². The summed E-state index contributed by atoms with van der Waals surface area (Å²) >= 11 is 1.23. The number of hydrogen-bond donors (Lipinski definition) is 1. The maximum Gasteiger partial charge on any atom is 0.287 e. The van der Waals surface area contributed by atoms with E-state index in [2.05, 4.69) is 50.4 Å². The standard InChI is InChI=1S/C25H27NO3S/c1-25(2,3)20-13-11-19(12-14-20)17-30-24(28)21(16-18-8-5-4-6-9-18)26-23(27)22-10-7-15-29-22/h4-15,21H,16-17H2,1-3H3,(H,26,27)/t21-/m1/s1. The summed E-state index contributed by atoms with van der Waals surface area (Å²) in [6.45, 7) is 6.53. The van der Waals surface area contributed by atoms with Crippen molar-refractivity contribution in [3.05, 3.63) is 95.4 Å². The highest BCUT2D eigenvalue weighted by atomic mass is 32.2. The first-order valence-electron chi connectivity index (χ1n) is 9.97. The van der Waals surface area contributed by atoms with Crippen LogP contribution in [0.15, 0.2) is 77.4 Å². The highest BCUT2D eigenvalue weighted by molar-refractivity contribution is 8.13. The highest BCUT2D eigenvalue weighted by Gasteiger charge is 2.23. The number of benzene rings is 2. The molecule has 0 saturated heterocycles. The molecule has 1 heterocycles. The summed E-state index contributed by atoms with van der Waals surface area (Å²) in [6, 6.07) is 20.6. The second kappa shape index (κ2) is 9.81. The molecule has 3 rings (SSSR count). The fourth-order valence-corrected chi connectivity index (χ4v) is 3.88. The molecule has 1 amide bonds. The van der Waals surface area contributed by atoms with Gasteiger partial charge in [0.1, 0.15) is 6.04 Å². The second-order valence-corrected chi connectivity index (χ2v) is 9.23. The Morgan fingerprint density at radius 1 is 0.933 bits per heavy atom. The van der Waals surface area contributed by atoms with Gasteiger partial charge in [-0.25, -0.2) is 0 Å². The Bertz CT molecular complexity index is 958. The minimum absolute atomic E-state index is 0.0707. The van der Waals surface area contributed by atoms with Crippen molar-refractivity contribution in [3.63, 3.8) is 0 Å². The van der Waals surface area contributed by atoms with E-state index in [1.54, 1.807) is 12.1 Å². The summed E-state index contributed by atoms with van der Waals surface area (Å²) in [4.78, 5) is 25.4. The van der Waals surface area contributed by atoms with Crippen molar-refractivity contribution in [2.75, 3.05) is 0 Å². The molecule has 0 aliphatic carbocycles. The van der Waals surface area contributed by atoms with Crippen molar-refractivity contribution in [1.29, 1.82) is 0 Å². The van der Waals surface area contributed by atoms with Gasteiger partial charge < -0.3 is 9.73 Å². The summed E-state index contributed by atoms with van der Waals surface area (Å²) in [5.74, 6) is 0.374. The largest absolute Gasteiger partial charge is 0.459 e. The van der Waals surface area contributed by atoms with Crippen LogP contribution in [-0.2, 0) is 22.4 Å². The molecule has 1 atom stereocenters. The van der Waals surface area contributed by atoms with Crippen LogP contribution >= 0.6 is 11.8 Å². The molecule has 0 spiro atoms. The number of furan rings is 1. The summed E-state index contributed by atoms with van der Waals surface area (Å²) < 4.78 is 5.16. The third kappa shape index (κ3) is 6.10. The molecule has 0 bridgehead atoms. The Kier molecular flexibility index (Phi) is 7.16. The van der Waals surface area contributed by atoms with E-state index >= 15 is 0 Å². The summed E-state index contributed by atoms with van der Waals surface area (Å²) in [5, 5.41) is 2.76. The van der Waals surface area contributed by atoms with Gasteiger partial charge in [0.25, 0.3) is 5.91 Å². The molecular weight excluding hydrogens is 394 g/mol. The molecule has 30 heavy (non-hydrogen) atoms. The summed E-state index contributed by atoms with van der Waals surface area (Å²) in [6.07, 6.45) is 1.88. The van der Waals surface area contributed by atoms with Crippen LogP contribution in [0.1, 0.15) is 48.0 Å². The Hall–Kier alpha value is -2.79. The lowest BCUT2D eigenvalue weighted by molar-refractivity contribution is -0.112. The Morgan fingerprint density at radius 3 is 2.23 bits per heavy atom. The molecule has 3 aromatic rings. The zero-order chi connectivity index (χ0) is 21.6. The molecule has 0 fully saturated rings. The van der Waals surface area contributed by atoms with Gasteiger partial charge in [-0.1, -0.05) is 87.1 Å². The van der Waals surface area contributed by atoms with Crippen molar-refractivity contribution in [1.82, 2.24) is 5.32 Å². The van der Waals surface area contributed by atoms with Gasteiger partial charge in [-0.2, -0.15) is 0 Å². The van der Waals surface area contributed by atoms with E-state index in [4.69, 9.17) is 4.42 Å². The van der Waals surface area contributed by atoms with Crippen molar-refractivity contribution >= 4 is 22.8 Å². The van der Waals surface area contributed by atoms with E-state index in [1.807, 2.05) is 30.3 Å². The highest BCUT2D eigenvalue weighted by Crippen LogP contribution is 2.24. The number of nitrogens with one attached hydrogen (secondary N) is 1. The smallest absolute Gasteiger partial charge is 0.287 e. The van der Waals surface area contributed by atoms with Crippen molar-refractivity contribution < 1.29 is 14.0 Å². The van der Waals surface area contributed by atoms with Crippen LogP contribution in [0.5, 0.6) is 0 Å². The zero-order valence-electron chi connectivity index (χ0n) is 17.6. The first-order chi connectivity index (χ1) is 14.3. The molecule has 156 valence electrons. The second-order valence-electron chi connectivity index (χ2n) is 8.25.